The molecule has 3 heterocycles. The zero-order valence-corrected chi connectivity index (χ0v) is 16.7. The number of likely N-dealkylation sites (tertiary alicyclic amines) is 2. The van der Waals surface area contributed by atoms with Crippen molar-refractivity contribution in [3.05, 3.63) is 17.7 Å². The largest absolute Gasteiger partial charge is 0.340 e. The Labute approximate surface area is 161 Å². The highest BCUT2D eigenvalue weighted by atomic mass is 16.2. The first-order chi connectivity index (χ1) is 13.0. The fourth-order valence-electron chi connectivity index (χ4n) is 5.26. The van der Waals surface area contributed by atoms with Gasteiger partial charge in [-0.05, 0) is 46.0 Å². The number of rotatable bonds is 3. The fraction of sp³-hybridized carbons (Fsp3) is 0.762. The van der Waals surface area contributed by atoms with Gasteiger partial charge in [-0.2, -0.15) is 0 Å². The van der Waals surface area contributed by atoms with Crippen molar-refractivity contribution in [1.29, 1.82) is 0 Å². The van der Waals surface area contributed by atoms with Crippen LogP contribution in [0.5, 0.6) is 0 Å². The molecular weight excluding hydrogens is 340 g/mol. The molecule has 2 saturated heterocycles. The van der Waals surface area contributed by atoms with Crippen molar-refractivity contribution in [3.63, 3.8) is 0 Å². The molecule has 6 heteroatoms. The van der Waals surface area contributed by atoms with E-state index >= 15 is 0 Å². The number of aromatic nitrogens is 2. The topological polar surface area (TPSA) is 58.4 Å². The van der Waals surface area contributed by atoms with E-state index in [1.54, 1.807) is 6.33 Å². The number of hydrogen-bond donors (Lipinski definition) is 0. The second-order valence-electron chi connectivity index (χ2n) is 8.78. The molecule has 1 aromatic rings. The summed E-state index contributed by atoms with van der Waals surface area (Å²) in [6.45, 7) is 6.49. The third-order valence-electron chi connectivity index (χ3n) is 7.14. The van der Waals surface area contributed by atoms with Gasteiger partial charge in [-0.25, -0.2) is 4.98 Å². The maximum Gasteiger partial charge on any atom is 0.242 e. The number of piperidine rings is 1. The maximum absolute atomic E-state index is 13.4. The third kappa shape index (κ3) is 3.39. The van der Waals surface area contributed by atoms with Crippen molar-refractivity contribution in [1.82, 2.24) is 19.4 Å². The average molecular weight is 373 g/mol. The lowest BCUT2D eigenvalue weighted by atomic mass is 9.77. The molecular formula is C21H32N4O2. The molecule has 0 bridgehead atoms. The van der Waals surface area contributed by atoms with Gasteiger partial charge in [-0.3, -0.25) is 9.59 Å². The molecule has 148 valence electrons. The van der Waals surface area contributed by atoms with E-state index in [0.29, 0.717) is 31.6 Å². The minimum absolute atomic E-state index is 0.106. The predicted molar refractivity (Wildman–Crippen MR) is 103 cm³/mol. The van der Waals surface area contributed by atoms with Gasteiger partial charge in [0.1, 0.15) is 6.54 Å². The van der Waals surface area contributed by atoms with Gasteiger partial charge in [-0.1, -0.05) is 19.3 Å². The second-order valence-corrected chi connectivity index (χ2v) is 8.78. The first kappa shape index (κ1) is 18.5. The molecule has 1 aromatic heterocycles. The van der Waals surface area contributed by atoms with E-state index in [0.717, 1.165) is 50.0 Å². The maximum atomic E-state index is 13.4. The van der Waals surface area contributed by atoms with Gasteiger partial charge < -0.3 is 14.4 Å². The van der Waals surface area contributed by atoms with Gasteiger partial charge in [0.05, 0.1) is 17.4 Å². The van der Waals surface area contributed by atoms with Crippen LogP contribution in [0.2, 0.25) is 0 Å². The van der Waals surface area contributed by atoms with E-state index in [4.69, 9.17) is 0 Å². The lowest BCUT2D eigenvalue weighted by Crippen LogP contribution is -2.54. The molecule has 2 aliphatic heterocycles. The number of carbonyl (C=O) groups excluding carboxylic acids is 2. The van der Waals surface area contributed by atoms with Crippen molar-refractivity contribution >= 4 is 11.8 Å². The molecule has 6 nitrogen and oxygen atoms in total. The van der Waals surface area contributed by atoms with Crippen LogP contribution in [0.1, 0.15) is 62.8 Å². The normalized spacial score (nSPS) is 27.0. The molecule has 2 amide bonds. The molecule has 0 radical (unpaired) electrons. The number of carbonyl (C=O) groups is 2. The Kier molecular flexibility index (Phi) is 4.99. The summed E-state index contributed by atoms with van der Waals surface area (Å²) in [5.41, 5.74) is 1.67. The van der Waals surface area contributed by atoms with E-state index in [1.165, 1.54) is 19.3 Å². The summed E-state index contributed by atoms with van der Waals surface area (Å²) >= 11 is 0. The molecule has 0 aromatic carbocycles. The lowest BCUT2D eigenvalue weighted by molar-refractivity contribution is -0.149. The van der Waals surface area contributed by atoms with E-state index in [-0.39, 0.29) is 11.3 Å². The van der Waals surface area contributed by atoms with Gasteiger partial charge >= 0.3 is 0 Å². The summed E-state index contributed by atoms with van der Waals surface area (Å²) in [5.74, 6) is 0.431. The zero-order chi connectivity index (χ0) is 19.0. The van der Waals surface area contributed by atoms with Crippen LogP contribution in [0.25, 0.3) is 0 Å². The Morgan fingerprint density at radius 3 is 2.63 bits per heavy atom. The number of aryl methyl sites for hydroxylation is 1. The van der Waals surface area contributed by atoms with Crippen molar-refractivity contribution in [3.8, 4) is 0 Å². The Balaban J connectivity index is 1.43. The van der Waals surface area contributed by atoms with E-state index in [1.807, 2.05) is 23.3 Å². The standard InChI is InChI=1S/C21H32N4O2/c1-16-17(2)24(15-22-16)13-19(26)23-12-10-21(14-23)9-6-11-25(20(21)27)18-7-4-3-5-8-18/h15,18H,3-14H2,1-2H3/t21-/m0/s1. The number of imidazole rings is 1. The van der Waals surface area contributed by atoms with Crippen molar-refractivity contribution in [2.75, 3.05) is 19.6 Å². The van der Waals surface area contributed by atoms with Gasteiger partial charge in [-0.15, -0.1) is 0 Å². The van der Waals surface area contributed by atoms with E-state index in [9.17, 15) is 9.59 Å². The SMILES string of the molecule is Cc1ncn(CC(=O)N2CC[C@@]3(CCCN(C4CCCCC4)C3=O)C2)c1C. The average Bonchev–Trinajstić information content (AvgIpc) is 3.25. The molecule has 4 rings (SSSR count). The number of hydrogen-bond acceptors (Lipinski definition) is 3. The predicted octanol–water partition coefficient (Wildman–Crippen LogP) is 2.67. The first-order valence-corrected chi connectivity index (χ1v) is 10.6. The van der Waals surface area contributed by atoms with Crippen LogP contribution < -0.4 is 0 Å². The van der Waals surface area contributed by atoms with Gasteiger partial charge in [0.2, 0.25) is 11.8 Å². The summed E-state index contributed by atoms with van der Waals surface area (Å²) in [6.07, 6.45) is 10.7. The Bertz CT molecular complexity index is 722. The first-order valence-electron chi connectivity index (χ1n) is 10.6. The quantitative estimate of drug-likeness (QED) is 0.820. The van der Waals surface area contributed by atoms with Crippen LogP contribution in [-0.2, 0) is 16.1 Å². The van der Waals surface area contributed by atoms with Crippen LogP contribution >= 0.6 is 0 Å². The van der Waals surface area contributed by atoms with Crippen LogP contribution in [0.15, 0.2) is 6.33 Å². The molecule has 1 atom stereocenters. The monoisotopic (exact) mass is 372 g/mol. The highest BCUT2D eigenvalue weighted by molar-refractivity contribution is 5.86. The number of amides is 2. The fourth-order valence-corrected chi connectivity index (χ4v) is 5.26. The summed E-state index contributed by atoms with van der Waals surface area (Å²) < 4.78 is 1.92. The summed E-state index contributed by atoms with van der Waals surface area (Å²) in [4.78, 5) is 34.6. The van der Waals surface area contributed by atoms with Crippen LogP contribution in [0.3, 0.4) is 0 Å². The lowest BCUT2D eigenvalue weighted by Gasteiger charge is -2.44. The second kappa shape index (κ2) is 7.28. The van der Waals surface area contributed by atoms with E-state index in [2.05, 4.69) is 9.88 Å². The van der Waals surface area contributed by atoms with Crippen molar-refractivity contribution in [2.45, 2.75) is 77.8 Å². The van der Waals surface area contributed by atoms with Gasteiger partial charge in [0.15, 0.2) is 0 Å². The van der Waals surface area contributed by atoms with Gasteiger partial charge in [0.25, 0.3) is 0 Å². The minimum Gasteiger partial charge on any atom is -0.340 e. The van der Waals surface area contributed by atoms with E-state index < -0.39 is 0 Å². The van der Waals surface area contributed by atoms with Crippen molar-refractivity contribution < 1.29 is 9.59 Å². The molecule has 0 unspecified atom stereocenters. The summed E-state index contributed by atoms with van der Waals surface area (Å²) in [6, 6.07) is 0.435. The minimum atomic E-state index is -0.328. The van der Waals surface area contributed by atoms with Crippen LogP contribution in [0, 0.1) is 19.3 Å². The Morgan fingerprint density at radius 1 is 1.15 bits per heavy atom. The molecule has 1 aliphatic carbocycles. The Hall–Kier alpha value is -1.85. The van der Waals surface area contributed by atoms with Crippen LogP contribution in [-0.4, -0.2) is 56.8 Å². The smallest absolute Gasteiger partial charge is 0.242 e. The molecule has 0 N–H and O–H groups in total. The highest BCUT2D eigenvalue weighted by Crippen LogP contribution is 2.42. The summed E-state index contributed by atoms with van der Waals surface area (Å²) in [5, 5.41) is 0. The summed E-state index contributed by atoms with van der Waals surface area (Å²) in [7, 11) is 0. The van der Waals surface area contributed by atoms with Crippen LogP contribution in [0.4, 0.5) is 0 Å². The third-order valence-corrected chi connectivity index (χ3v) is 7.14. The molecule has 3 fully saturated rings. The molecule has 1 saturated carbocycles. The van der Waals surface area contributed by atoms with Crippen molar-refractivity contribution in [2.24, 2.45) is 5.41 Å². The molecule has 1 spiro atoms. The molecule has 3 aliphatic rings. The zero-order valence-electron chi connectivity index (χ0n) is 16.7. The number of nitrogens with zero attached hydrogens (tertiary/aromatic N) is 4. The Morgan fingerprint density at radius 2 is 1.93 bits per heavy atom. The van der Waals surface area contributed by atoms with Gasteiger partial charge in [0, 0.05) is 31.4 Å². The highest BCUT2D eigenvalue weighted by Gasteiger charge is 2.50. The molecule has 27 heavy (non-hydrogen) atoms.